The summed E-state index contributed by atoms with van der Waals surface area (Å²) in [4.78, 5) is 0. The molecule has 0 aromatic carbocycles. The smallest absolute Gasteiger partial charge is 0.130 e. The molecule has 0 atom stereocenters. The normalized spacial score (nSPS) is 11.2. The summed E-state index contributed by atoms with van der Waals surface area (Å²) in [5.74, 6) is 0.585. The molecule has 0 aliphatic heterocycles. The maximum absolute atomic E-state index is 6.17. The fourth-order valence-electron chi connectivity index (χ4n) is 1.46. The molecule has 1 rings (SSSR count). The van der Waals surface area contributed by atoms with Gasteiger partial charge >= 0.3 is 0 Å². The van der Waals surface area contributed by atoms with Crippen LogP contribution in [0.5, 0.6) is 0 Å². The van der Waals surface area contributed by atoms with Gasteiger partial charge in [-0.1, -0.05) is 32.4 Å². The van der Waals surface area contributed by atoms with Gasteiger partial charge in [-0.3, -0.25) is 4.68 Å². The maximum atomic E-state index is 6.17. The van der Waals surface area contributed by atoms with Crippen LogP contribution in [0.15, 0.2) is 0 Å². The first-order chi connectivity index (χ1) is 6.06. The number of aromatic nitrogens is 2. The molecule has 0 amide bonds. The van der Waals surface area contributed by atoms with Crippen molar-refractivity contribution in [3.05, 3.63) is 16.4 Å². The molecule has 1 heterocycles. The van der Waals surface area contributed by atoms with Gasteiger partial charge in [0.25, 0.3) is 0 Å². The third-order valence-corrected chi connectivity index (χ3v) is 2.50. The number of nitrogens with zero attached hydrogens (tertiary/aromatic N) is 2. The Kier molecular flexibility index (Phi) is 3.37. The van der Waals surface area contributed by atoms with Crippen LogP contribution in [0.25, 0.3) is 0 Å². The first kappa shape index (κ1) is 10.6. The Balaban J connectivity index is 2.96. The lowest BCUT2D eigenvalue weighted by atomic mass is 10.2. The van der Waals surface area contributed by atoms with Crippen molar-refractivity contribution in [1.29, 1.82) is 0 Å². The Hall–Kier alpha value is -0.500. The van der Waals surface area contributed by atoms with Gasteiger partial charge in [0, 0.05) is 12.1 Å². The van der Waals surface area contributed by atoms with E-state index >= 15 is 0 Å². The summed E-state index contributed by atoms with van der Waals surface area (Å²) in [7, 11) is 0. The second-order valence-electron chi connectivity index (χ2n) is 3.78. The van der Waals surface area contributed by atoms with Crippen LogP contribution < -0.4 is 0 Å². The molecule has 0 N–H and O–H groups in total. The molecular weight excluding hydrogens is 184 g/mol. The van der Waals surface area contributed by atoms with Crippen LogP contribution in [0.3, 0.4) is 0 Å². The molecule has 3 heteroatoms. The molecule has 0 fully saturated rings. The van der Waals surface area contributed by atoms with Gasteiger partial charge in [-0.25, -0.2) is 0 Å². The van der Waals surface area contributed by atoms with Crippen molar-refractivity contribution in [2.24, 2.45) is 5.92 Å². The lowest BCUT2D eigenvalue weighted by Gasteiger charge is -2.05. The Bertz CT molecular complexity index is 289. The minimum atomic E-state index is 0.585. The van der Waals surface area contributed by atoms with Crippen molar-refractivity contribution in [3.63, 3.8) is 0 Å². The van der Waals surface area contributed by atoms with Crippen LogP contribution in [0, 0.1) is 12.8 Å². The number of hydrogen-bond donors (Lipinski definition) is 0. The van der Waals surface area contributed by atoms with E-state index in [1.54, 1.807) is 0 Å². The SMILES string of the molecule is CCc1c(C)nn(CC(C)C)c1Cl. The van der Waals surface area contributed by atoms with E-state index in [9.17, 15) is 0 Å². The average Bonchev–Trinajstić information content (AvgIpc) is 2.26. The minimum Gasteiger partial charge on any atom is -0.253 e. The summed E-state index contributed by atoms with van der Waals surface area (Å²) in [6.07, 6.45) is 0.961. The van der Waals surface area contributed by atoms with Gasteiger partial charge in [-0.05, 0) is 19.3 Å². The summed E-state index contributed by atoms with van der Waals surface area (Å²) >= 11 is 6.17. The highest BCUT2D eigenvalue weighted by Gasteiger charge is 2.11. The summed E-state index contributed by atoms with van der Waals surface area (Å²) < 4.78 is 1.90. The molecule has 1 aromatic heterocycles. The van der Waals surface area contributed by atoms with E-state index in [1.165, 1.54) is 5.56 Å². The van der Waals surface area contributed by atoms with Crippen molar-refractivity contribution in [2.45, 2.75) is 40.7 Å². The van der Waals surface area contributed by atoms with Crippen LogP contribution in [-0.4, -0.2) is 9.78 Å². The standard InChI is InChI=1S/C10H17ClN2/c1-5-9-8(4)12-13(10(9)11)6-7(2)3/h7H,5-6H2,1-4H3. The predicted octanol–water partition coefficient (Wildman–Crippen LogP) is 3.06. The van der Waals surface area contributed by atoms with Gasteiger partial charge in [-0.15, -0.1) is 0 Å². The van der Waals surface area contributed by atoms with Crippen molar-refractivity contribution in [1.82, 2.24) is 9.78 Å². The van der Waals surface area contributed by atoms with Gasteiger partial charge in [0.1, 0.15) is 5.15 Å². The van der Waals surface area contributed by atoms with E-state index in [0.29, 0.717) is 5.92 Å². The van der Waals surface area contributed by atoms with E-state index in [4.69, 9.17) is 11.6 Å². The summed E-state index contributed by atoms with van der Waals surface area (Å²) in [5, 5.41) is 5.22. The number of halogens is 1. The average molecular weight is 201 g/mol. The van der Waals surface area contributed by atoms with E-state index in [-0.39, 0.29) is 0 Å². The lowest BCUT2D eigenvalue weighted by molar-refractivity contribution is 0.481. The fourth-order valence-corrected chi connectivity index (χ4v) is 1.84. The number of rotatable bonds is 3. The Morgan fingerprint density at radius 1 is 1.46 bits per heavy atom. The monoisotopic (exact) mass is 200 g/mol. The first-order valence-corrected chi connectivity index (χ1v) is 5.15. The highest BCUT2D eigenvalue weighted by Crippen LogP contribution is 2.20. The largest absolute Gasteiger partial charge is 0.253 e. The van der Waals surface area contributed by atoms with Gasteiger partial charge in [0.15, 0.2) is 0 Å². The third kappa shape index (κ3) is 2.25. The van der Waals surface area contributed by atoms with Gasteiger partial charge in [-0.2, -0.15) is 5.10 Å². The van der Waals surface area contributed by atoms with Crippen molar-refractivity contribution in [2.75, 3.05) is 0 Å². The van der Waals surface area contributed by atoms with Crippen LogP contribution >= 0.6 is 11.6 Å². The van der Waals surface area contributed by atoms with E-state index in [2.05, 4.69) is 25.9 Å². The zero-order chi connectivity index (χ0) is 10.0. The molecule has 1 aromatic rings. The van der Waals surface area contributed by atoms with Crippen molar-refractivity contribution >= 4 is 11.6 Å². The summed E-state index contributed by atoms with van der Waals surface area (Å²) in [6, 6.07) is 0. The molecule has 0 saturated carbocycles. The molecule has 0 unspecified atom stereocenters. The molecule has 74 valence electrons. The van der Waals surface area contributed by atoms with E-state index in [0.717, 1.165) is 23.8 Å². The van der Waals surface area contributed by atoms with E-state index < -0.39 is 0 Å². The predicted molar refractivity (Wildman–Crippen MR) is 56.2 cm³/mol. The molecule has 13 heavy (non-hydrogen) atoms. The zero-order valence-electron chi connectivity index (χ0n) is 8.76. The number of aryl methyl sites for hydroxylation is 1. The molecule has 0 saturated heterocycles. The second kappa shape index (κ2) is 4.14. The molecule has 0 aliphatic carbocycles. The fraction of sp³-hybridized carbons (Fsp3) is 0.700. The Morgan fingerprint density at radius 3 is 2.46 bits per heavy atom. The van der Waals surface area contributed by atoms with Gasteiger partial charge in [0.2, 0.25) is 0 Å². The quantitative estimate of drug-likeness (QED) is 0.734. The highest BCUT2D eigenvalue weighted by atomic mass is 35.5. The van der Waals surface area contributed by atoms with Crippen LogP contribution in [0.1, 0.15) is 32.0 Å². The first-order valence-electron chi connectivity index (χ1n) is 4.78. The van der Waals surface area contributed by atoms with E-state index in [1.807, 2.05) is 11.6 Å². The van der Waals surface area contributed by atoms with Crippen molar-refractivity contribution in [3.8, 4) is 0 Å². The van der Waals surface area contributed by atoms with Crippen LogP contribution in [0.2, 0.25) is 5.15 Å². The molecule has 0 aliphatic rings. The van der Waals surface area contributed by atoms with Crippen LogP contribution in [0.4, 0.5) is 0 Å². The van der Waals surface area contributed by atoms with Gasteiger partial charge in [0.05, 0.1) is 5.69 Å². The summed E-state index contributed by atoms with van der Waals surface area (Å²) in [5.41, 5.74) is 2.25. The highest BCUT2D eigenvalue weighted by molar-refractivity contribution is 6.30. The molecule has 0 spiro atoms. The Morgan fingerprint density at radius 2 is 2.08 bits per heavy atom. The summed E-state index contributed by atoms with van der Waals surface area (Å²) in [6.45, 7) is 9.36. The Labute approximate surface area is 84.9 Å². The molecule has 0 bridgehead atoms. The van der Waals surface area contributed by atoms with Crippen LogP contribution in [-0.2, 0) is 13.0 Å². The molecular formula is C10H17ClN2. The second-order valence-corrected chi connectivity index (χ2v) is 4.14. The lowest BCUT2D eigenvalue weighted by Crippen LogP contribution is -2.06. The van der Waals surface area contributed by atoms with Gasteiger partial charge < -0.3 is 0 Å². The third-order valence-electron chi connectivity index (χ3n) is 2.07. The topological polar surface area (TPSA) is 17.8 Å². The van der Waals surface area contributed by atoms with Crippen molar-refractivity contribution < 1.29 is 0 Å². The number of hydrogen-bond acceptors (Lipinski definition) is 1. The zero-order valence-corrected chi connectivity index (χ0v) is 9.52. The molecule has 0 radical (unpaired) electrons. The minimum absolute atomic E-state index is 0.585. The maximum Gasteiger partial charge on any atom is 0.130 e. The molecule has 2 nitrogen and oxygen atoms in total.